The number of hydrogen-bond donors (Lipinski definition) is 0. The van der Waals surface area contributed by atoms with Crippen molar-refractivity contribution in [1.82, 2.24) is 4.90 Å². The highest BCUT2D eigenvalue weighted by atomic mass is 35.5. The average molecular weight is 321 g/mol. The molecule has 5 heteroatoms. The zero-order valence-corrected chi connectivity index (χ0v) is 13.3. The van der Waals surface area contributed by atoms with Crippen LogP contribution in [0.4, 0.5) is 0 Å². The molecule has 1 amide bonds. The fourth-order valence-electron chi connectivity index (χ4n) is 2.40. The number of hydrogen-bond acceptors (Lipinski definition) is 1. The molecule has 1 saturated heterocycles. The van der Waals surface area contributed by atoms with E-state index >= 15 is 0 Å². The van der Waals surface area contributed by atoms with Gasteiger partial charge < -0.3 is 4.90 Å². The van der Waals surface area contributed by atoms with Crippen molar-refractivity contribution in [3.63, 3.8) is 0 Å². The summed E-state index contributed by atoms with van der Waals surface area (Å²) in [6.45, 7) is 5.14. The van der Waals surface area contributed by atoms with Gasteiger partial charge in [-0.25, -0.2) is 0 Å². The summed E-state index contributed by atoms with van der Waals surface area (Å²) in [7, 11) is 0. The third kappa shape index (κ3) is 2.72. The molecule has 1 aliphatic heterocycles. The van der Waals surface area contributed by atoms with E-state index in [1.165, 1.54) is 6.42 Å². The second kappa shape index (κ2) is 5.90. The quantitative estimate of drug-likeness (QED) is 0.675. The Morgan fingerprint density at radius 1 is 0.895 bits per heavy atom. The number of amides is 1. The van der Waals surface area contributed by atoms with E-state index < -0.39 is 0 Å². The number of halogens is 3. The Hall–Kier alpha value is -0.440. The Bertz CT molecular complexity index is 493. The Morgan fingerprint density at radius 2 is 1.42 bits per heavy atom. The summed E-state index contributed by atoms with van der Waals surface area (Å²) in [4.78, 5) is 14.4. The van der Waals surface area contributed by atoms with E-state index in [1.54, 1.807) is 13.8 Å². The standard InChI is InChI=1S/C14H16Cl3NO/c1-8-10(11(15)9(2)13(17)12(8)16)14(19)18-6-4-3-5-7-18/h3-7H2,1-2H3. The summed E-state index contributed by atoms with van der Waals surface area (Å²) >= 11 is 18.6. The topological polar surface area (TPSA) is 20.3 Å². The minimum atomic E-state index is -0.0381. The number of carbonyl (C=O) groups excluding carboxylic acids is 1. The Labute approximate surface area is 128 Å². The minimum Gasteiger partial charge on any atom is -0.339 e. The zero-order valence-electron chi connectivity index (χ0n) is 11.0. The Balaban J connectivity index is 2.47. The van der Waals surface area contributed by atoms with E-state index in [0.29, 0.717) is 31.8 Å². The van der Waals surface area contributed by atoms with Crippen LogP contribution in [-0.2, 0) is 0 Å². The second-order valence-electron chi connectivity index (χ2n) is 4.92. The van der Waals surface area contributed by atoms with Crippen LogP contribution in [0.5, 0.6) is 0 Å². The highest BCUT2D eigenvalue weighted by molar-refractivity contribution is 6.45. The predicted octanol–water partition coefficient (Wildman–Crippen LogP) is 4.89. The van der Waals surface area contributed by atoms with E-state index in [2.05, 4.69) is 0 Å². The molecule has 2 rings (SSSR count). The minimum absolute atomic E-state index is 0.0381. The lowest BCUT2D eigenvalue weighted by Gasteiger charge is -2.28. The number of carbonyl (C=O) groups is 1. The van der Waals surface area contributed by atoms with Crippen molar-refractivity contribution in [2.24, 2.45) is 0 Å². The van der Waals surface area contributed by atoms with Gasteiger partial charge in [-0.3, -0.25) is 4.79 Å². The molecule has 0 saturated carbocycles. The lowest BCUT2D eigenvalue weighted by Crippen LogP contribution is -2.36. The molecule has 104 valence electrons. The van der Waals surface area contributed by atoms with Crippen LogP contribution in [0.15, 0.2) is 0 Å². The van der Waals surface area contributed by atoms with E-state index in [0.717, 1.165) is 25.9 Å². The van der Waals surface area contributed by atoms with Crippen LogP contribution < -0.4 is 0 Å². The fourth-order valence-corrected chi connectivity index (χ4v) is 3.23. The molecule has 0 unspecified atom stereocenters. The highest BCUT2D eigenvalue weighted by Crippen LogP contribution is 2.38. The van der Waals surface area contributed by atoms with Gasteiger partial charge in [-0.1, -0.05) is 34.8 Å². The molecule has 1 heterocycles. The number of piperidine rings is 1. The van der Waals surface area contributed by atoms with Crippen LogP contribution >= 0.6 is 34.8 Å². The lowest BCUT2D eigenvalue weighted by molar-refractivity contribution is 0.0723. The monoisotopic (exact) mass is 319 g/mol. The van der Waals surface area contributed by atoms with E-state index in [1.807, 2.05) is 4.90 Å². The number of rotatable bonds is 1. The van der Waals surface area contributed by atoms with Crippen molar-refractivity contribution in [2.45, 2.75) is 33.1 Å². The van der Waals surface area contributed by atoms with E-state index in [-0.39, 0.29) is 5.91 Å². The zero-order chi connectivity index (χ0) is 14.2. The second-order valence-corrected chi connectivity index (χ2v) is 6.05. The van der Waals surface area contributed by atoms with Gasteiger partial charge in [0.25, 0.3) is 5.91 Å². The molecule has 0 spiro atoms. The molecule has 1 fully saturated rings. The Kier molecular flexibility index (Phi) is 4.65. The summed E-state index contributed by atoms with van der Waals surface area (Å²) in [6.07, 6.45) is 3.27. The van der Waals surface area contributed by atoms with Gasteiger partial charge in [0.15, 0.2) is 0 Å². The largest absolute Gasteiger partial charge is 0.339 e. The molecule has 0 bridgehead atoms. The van der Waals surface area contributed by atoms with E-state index in [9.17, 15) is 4.79 Å². The van der Waals surface area contributed by atoms with Gasteiger partial charge in [-0.15, -0.1) is 0 Å². The fraction of sp³-hybridized carbons (Fsp3) is 0.500. The van der Waals surface area contributed by atoms with E-state index in [4.69, 9.17) is 34.8 Å². The van der Waals surface area contributed by atoms with Crippen molar-refractivity contribution in [3.05, 3.63) is 31.8 Å². The van der Waals surface area contributed by atoms with Gasteiger partial charge in [-0.05, 0) is 44.2 Å². The molecule has 0 atom stereocenters. The maximum Gasteiger partial charge on any atom is 0.255 e. The molecule has 0 aliphatic carbocycles. The van der Waals surface area contributed by atoms with Crippen molar-refractivity contribution in [3.8, 4) is 0 Å². The normalized spacial score (nSPS) is 15.7. The molecule has 0 radical (unpaired) electrons. The molecule has 1 aliphatic rings. The lowest BCUT2D eigenvalue weighted by atomic mass is 10.0. The van der Waals surface area contributed by atoms with Crippen LogP contribution in [0.2, 0.25) is 15.1 Å². The van der Waals surface area contributed by atoms with Gasteiger partial charge in [0, 0.05) is 13.1 Å². The maximum absolute atomic E-state index is 12.6. The third-order valence-electron chi connectivity index (χ3n) is 3.63. The first-order valence-electron chi connectivity index (χ1n) is 6.38. The van der Waals surface area contributed by atoms with Crippen molar-refractivity contribution in [1.29, 1.82) is 0 Å². The first kappa shape index (κ1) is 15.0. The molecule has 1 aromatic rings. The molecule has 1 aromatic carbocycles. The van der Waals surface area contributed by atoms with Crippen LogP contribution in [-0.4, -0.2) is 23.9 Å². The molecule has 0 N–H and O–H groups in total. The van der Waals surface area contributed by atoms with Crippen LogP contribution in [0.25, 0.3) is 0 Å². The van der Waals surface area contributed by atoms with Crippen LogP contribution in [0.3, 0.4) is 0 Å². The van der Waals surface area contributed by atoms with Crippen molar-refractivity contribution >= 4 is 40.7 Å². The first-order valence-corrected chi connectivity index (χ1v) is 7.51. The summed E-state index contributed by atoms with van der Waals surface area (Å²) in [5.74, 6) is -0.0381. The molecule has 2 nitrogen and oxygen atoms in total. The highest BCUT2D eigenvalue weighted by Gasteiger charge is 2.26. The SMILES string of the molecule is Cc1c(Cl)c(Cl)c(C)c(C(=O)N2CCCCC2)c1Cl. The third-order valence-corrected chi connectivity index (χ3v) is 5.15. The van der Waals surface area contributed by atoms with Gasteiger partial charge in [-0.2, -0.15) is 0 Å². The van der Waals surface area contributed by atoms with Crippen molar-refractivity contribution < 1.29 is 4.79 Å². The Morgan fingerprint density at radius 3 is 2.00 bits per heavy atom. The van der Waals surface area contributed by atoms with Gasteiger partial charge in [0.05, 0.1) is 20.6 Å². The smallest absolute Gasteiger partial charge is 0.255 e. The van der Waals surface area contributed by atoms with Gasteiger partial charge in [0.1, 0.15) is 0 Å². The predicted molar refractivity (Wildman–Crippen MR) is 80.7 cm³/mol. The van der Waals surface area contributed by atoms with Crippen LogP contribution in [0, 0.1) is 13.8 Å². The summed E-state index contributed by atoms with van der Waals surface area (Å²) in [6, 6.07) is 0. The average Bonchev–Trinajstić information content (AvgIpc) is 2.44. The molecular formula is C14H16Cl3NO. The first-order chi connectivity index (χ1) is 8.95. The number of benzene rings is 1. The summed E-state index contributed by atoms with van der Waals surface area (Å²) in [5, 5.41) is 1.27. The molecular weight excluding hydrogens is 305 g/mol. The summed E-state index contributed by atoms with van der Waals surface area (Å²) in [5.41, 5.74) is 1.83. The molecule has 19 heavy (non-hydrogen) atoms. The maximum atomic E-state index is 12.6. The van der Waals surface area contributed by atoms with Crippen LogP contribution in [0.1, 0.15) is 40.7 Å². The van der Waals surface area contributed by atoms with Crippen molar-refractivity contribution in [2.75, 3.05) is 13.1 Å². The van der Waals surface area contributed by atoms with Gasteiger partial charge >= 0.3 is 0 Å². The number of likely N-dealkylation sites (tertiary alicyclic amines) is 1. The van der Waals surface area contributed by atoms with Gasteiger partial charge in [0.2, 0.25) is 0 Å². The summed E-state index contributed by atoms with van der Waals surface area (Å²) < 4.78 is 0. The molecule has 0 aromatic heterocycles. The number of nitrogens with zero attached hydrogens (tertiary/aromatic N) is 1.